The molecule has 2 rings (SSSR count). The van der Waals surface area contributed by atoms with Crippen molar-refractivity contribution >= 4 is 28.5 Å². The molecule has 0 spiro atoms. The minimum Gasteiger partial charge on any atom is -0.460 e. The van der Waals surface area contributed by atoms with Crippen LogP contribution in [-0.4, -0.2) is 12.6 Å². The molecule has 0 aliphatic heterocycles. The number of esters is 1. The van der Waals surface area contributed by atoms with Crippen molar-refractivity contribution in [2.75, 3.05) is 6.61 Å². The van der Waals surface area contributed by atoms with E-state index in [1.54, 1.807) is 19.1 Å². The smallest absolute Gasteiger partial charge is 0.374 e. The Labute approximate surface area is 97.9 Å². The minimum atomic E-state index is -0.439. The number of hydrogen-bond donors (Lipinski definition) is 0. The molecule has 0 saturated carbocycles. The second-order valence-electron chi connectivity index (χ2n) is 3.34. The van der Waals surface area contributed by atoms with Gasteiger partial charge in [0, 0.05) is 11.3 Å². The lowest BCUT2D eigenvalue weighted by Gasteiger charge is -1.95. The van der Waals surface area contributed by atoms with Gasteiger partial charge in [-0.25, -0.2) is 4.79 Å². The third-order valence-corrected chi connectivity index (χ3v) is 2.52. The van der Waals surface area contributed by atoms with Crippen LogP contribution < -0.4 is 0 Å². The summed E-state index contributed by atoms with van der Waals surface area (Å²) in [5.41, 5.74) is 1.65. The molecule has 0 fully saturated rings. The number of hydrogen-bond acceptors (Lipinski definition) is 3. The van der Waals surface area contributed by atoms with Gasteiger partial charge in [0.25, 0.3) is 0 Å². The van der Waals surface area contributed by atoms with Crippen LogP contribution in [0, 0.1) is 0 Å². The van der Waals surface area contributed by atoms with Crippen molar-refractivity contribution in [3.63, 3.8) is 0 Å². The molecule has 2 aromatic rings. The van der Waals surface area contributed by atoms with Crippen molar-refractivity contribution in [1.29, 1.82) is 0 Å². The Kier molecular flexibility index (Phi) is 3.15. The van der Waals surface area contributed by atoms with Gasteiger partial charge in [-0.2, -0.15) is 0 Å². The molecular weight excluding hydrogens is 228 g/mol. The Bertz CT molecular complexity index is 516. The van der Waals surface area contributed by atoms with Crippen molar-refractivity contribution in [3.05, 3.63) is 35.6 Å². The predicted molar refractivity (Wildman–Crippen MR) is 61.7 cm³/mol. The number of furan rings is 1. The monoisotopic (exact) mass is 238 g/mol. The average Bonchev–Trinajstić information content (AvgIpc) is 2.71. The highest BCUT2D eigenvalue weighted by atomic mass is 35.5. The fraction of sp³-hybridized carbons (Fsp3) is 0.250. The third-order valence-electron chi connectivity index (χ3n) is 2.21. The largest absolute Gasteiger partial charge is 0.460 e. The van der Waals surface area contributed by atoms with E-state index in [1.165, 1.54) is 0 Å². The van der Waals surface area contributed by atoms with Crippen LogP contribution in [0.15, 0.2) is 28.7 Å². The number of halogens is 1. The Hall–Kier alpha value is -1.48. The Morgan fingerprint density at radius 3 is 2.94 bits per heavy atom. The van der Waals surface area contributed by atoms with Gasteiger partial charge in [-0.05, 0) is 30.7 Å². The second kappa shape index (κ2) is 4.58. The summed E-state index contributed by atoms with van der Waals surface area (Å²) >= 11 is 5.72. The van der Waals surface area contributed by atoms with Gasteiger partial charge >= 0.3 is 5.97 Å². The first-order valence-corrected chi connectivity index (χ1v) is 5.53. The molecular formula is C12H11ClO3. The lowest BCUT2D eigenvalue weighted by molar-refractivity contribution is 0.0492. The van der Waals surface area contributed by atoms with Crippen LogP contribution >= 0.6 is 11.6 Å². The summed E-state index contributed by atoms with van der Waals surface area (Å²) in [4.78, 5) is 11.4. The van der Waals surface area contributed by atoms with E-state index in [0.29, 0.717) is 18.1 Å². The predicted octanol–water partition coefficient (Wildman–Crippen LogP) is 3.35. The second-order valence-corrected chi connectivity index (χ2v) is 3.60. The molecule has 0 bridgehead atoms. The molecule has 1 aromatic heterocycles. The van der Waals surface area contributed by atoms with E-state index in [2.05, 4.69) is 0 Å². The van der Waals surface area contributed by atoms with Crippen LogP contribution in [-0.2, 0) is 10.6 Å². The molecule has 1 aromatic carbocycles. The zero-order valence-corrected chi connectivity index (χ0v) is 9.58. The highest BCUT2D eigenvalue weighted by Gasteiger charge is 2.12. The van der Waals surface area contributed by atoms with E-state index in [4.69, 9.17) is 20.8 Å². The highest BCUT2D eigenvalue weighted by molar-refractivity contribution is 6.17. The number of alkyl halides is 1. The van der Waals surface area contributed by atoms with Gasteiger partial charge in [-0.15, -0.1) is 11.6 Å². The van der Waals surface area contributed by atoms with Crippen LogP contribution in [0.2, 0.25) is 0 Å². The van der Waals surface area contributed by atoms with Crippen LogP contribution in [0.4, 0.5) is 0 Å². The van der Waals surface area contributed by atoms with Crippen molar-refractivity contribution in [1.82, 2.24) is 0 Å². The molecule has 0 saturated heterocycles. The summed E-state index contributed by atoms with van der Waals surface area (Å²) in [6.45, 7) is 2.09. The fourth-order valence-corrected chi connectivity index (χ4v) is 1.65. The number of fused-ring (bicyclic) bond motifs is 1. The molecule has 0 N–H and O–H groups in total. The molecule has 0 amide bonds. The highest BCUT2D eigenvalue weighted by Crippen LogP contribution is 2.22. The van der Waals surface area contributed by atoms with Gasteiger partial charge in [-0.1, -0.05) is 6.07 Å². The average molecular weight is 239 g/mol. The zero-order valence-electron chi connectivity index (χ0n) is 8.83. The summed E-state index contributed by atoms with van der Waals surface area (Å²) in [6, 6.07) is 7.24. The normalized spacial score (nSPS) is 10.6. The van der Waals surface area contributed by atoms with Crippen LogP contribution in [0.3, 0.4) is 0 Å². The molecule has 0 aliphatic carbocycles. The van der Waals surface area contributed by atoms with E-state index in [0.717, 1.165) is 10.9 Å². The first-order valence-electron chi connectivity index (χ1n) is 5.00. The summed E-state index contributed by atoms with van der Waals surface area (Å²) in [5.74, 6) is 0.227. The van der Waals surface area contributed by atoms with E-state index in [-0.39, 0.29) is 5.76 Å². The zero-order chi connectivity index (χ0) is 11.5. The lowest BCUT2D eigenvalue weighted by atomic mass is 10.2. The SMILES string of the molecule is CCOC(=O)c1cc2cc(CCl)ccc2o1. The first-order chi connectivity index (χ1) is 7.74. The van der Waals surface area contributed by atoms with Crippen LogP contribution in [0.1, 0.15) is 23.0 Å². The van der Waals surface area contributed by atoms with Gasteiger partial charge in [0.1, 0.15) is 5.58 Å². The maximum atomic E-state index is 11.4. The minimum absolute atomic E-state index is 0.226. The number of carbonyl (C=O) groups excluding carboxylic acids is 1. The van der Waals surface area contributed by atoms with Gasteiger partial charge in [0.2, 0.25) is 5.76 Å². The van der Waals surface area contributed by atoms with Crippen molar-refractivity contribution in [2.45, 2.75) is 12.8 Å². The van der Waals surface area contributed by atoms with Crippen LogP contribution in [0.5, 0.6) is 0 Å². The summed E-state index contributed by atoms with van der Waals surface area (Å²) < 4.78 is 10.2. The first kappa shape index (κ1) is 11.0. The summed E-state index contributed by atoms with van der Waals surface area (Å²) in [5, 5.41) is 0.862. The number of benzene rings is 1. The van der Waals surface area contributed by atoms with Crippen molar-refractivity contribution < 1.29 is 13.9 Å². The Balaban J connectivity index is 2.39. The van der Waals surface area contributed by atoms with E-state index >= 15 is 0 Å². The summed E-state index contributed by atoms with van der Waals surface area (Å²) in [6.07, 6.45) is 0. The maximum Gasteiger partial charge on any atom is 0.374 e. The molecule has 1 heterocycles. The molecule has 0 radical (unpaired) electrons. The molecule has 16 heavy (non-hydrogen) atoms. The molecule has 84 valence electrons. The topological polar surface area (TPSA) is 39.4 Å². The number of ether oxygens (including phenoxy) is 1. The van der Waals surface area contributed by atoms with E-state index in [9.17, 15) is 4.79 Å². The van der Waals surface area contributed by atoms with E-state index < -0.39 is 5.97 Å². The van der Waals surface area contributed by atoms with Gasteiger partial charge < -0.3 is 9.15 Å². The number of rotatable bonds is 3. The Morgan fingerprint density at radius 2 is 2.25 bits per heavy atom. The van der Waals surface area contributed by atoms with Gasteiger partial charge in [0.05, 0.1) is 6.61 Å². The van der Waals surface area contributed by atoms with Gasteiger partial charge in [0.15, 0.2) is 0 Å². The molecule has 0 atom stereocenters. The summed E-state index contributed by atoms with van der Waals surface area (Å²) in [7, 11) is 0. The van der Waals surface area contributed by atoms with Crippen LogP contribution in [0.25, 0.3) is 11.0 Å². The molecule has 0 unspecified atom stereocenters. The fourth-order valence-electron chi connectivity index (χ4n) is 1.48. The molecule has 3 nitrogen and oxygen atoms in total. The molecule has 4 heteroatoms. The number of carbonyl (C=O) groups is 1. The third kappa shape index (κ3) is 2.04. The van der Waals surface area contributed by atoms with Crippen molar-refractivity contribution in [3.8, 4) is 0 Å². The van der Waals surface area contributed by atoms with Gasteiger partial charge in [-0.3, -0.25) is 0 Å². The van der Waals surface area contributed by atoms with E-state index in [1.807, 2.05) is 12.1 Å². The lowest BCUT2D eigenvalue weighted by Crippen LogP contribution is -2.02. The molecule has 0 aliphatic rings. The quantitative estimate of drug-likeness (QED) is 0.608. The standard InChI is InChI=1S/C12H11ClO3/c1-2-15-12(14)11-6-9-5-8(7-13)3-4-10(9)16-11/h3-6H,2,7H2,1H3. The van der Waals surface area contributed by atoms with Crippen molar-refractivity contribution in [2.24, 2.45) is 0 Å². The Morgan fingerprint density at radius 1 is 1.44 bits per heavy atom. The maximum absolute atomic E-state index is 11.4.